The van der Waals surface area contributed by atoms with Crippen LogP contribution in [0.25, 0.3) is 0 Å². The number of halogens is 1. The quantitative estimate of drug-likeness (QED) is 0.921. The number of nitrogens with one attached hydrogen (secondary N) is 1. The Morgan fingerprint density at radius 3 is 2.61 bits per heavy atom. The zero-order valence-corrected chi connectivity index (χ0v) is 13.1. The summed E-state index contributed by atoms with van der Waals surface area (Å²) in [7, 11) is 0. The molecule has 1 aliphatic rings. The Bertz CT molecular complexity index is 669. The first-order chi connectivity index (χ1) is 11.2. The fourth-order valence-corrected chi connectivity index (χ4v) is 2.90. The van der Waals surface area contributed by atoms with Crippen LogP contribution in [-0.2, 0) is 24.3 Å². The molecule has 0 aliphatic carbocycles. The number of nitrogens with zero attached hydrogens (tertiary/aromatic N) is 1. The molecule has 1 N–H and O–H groups in total. The van der Waals surface area contributed by atoms with Gasteiger partial charge >= 0.3 is 0 Å². The Morgan fingerprint density at radius 1 is 1.09 bits per heavy atom. The minimum absolute atomic E-state index is 0.0354. The zero-order valence-electron chi connectivity index (χ0n) is 13.1. The van der Waals surface area contributed by atoms with Gasteiger partial charge in [-0.05, 0) is 35.2 Å². The van der Waals surface area contributed by atoms with Crippen molar-refractivity contribution in [1.82, 2.24) is 10.2 Å². The topological polar surface area (TPSA) is 32.3 Å². The summed E-state index contributed by atoms with van der Waals surface area (Å²) in [4.78, 5) is 14.3. The molecule has 0 atom stereocenters. The van der Waals surface area contributed by atoms with Gasteiger partial charge in [0, 0.05) is 32.6 Å². The maximum atomic E-state index is 12.8. The number of fused-ring (bicyclic) bond motifs is 1. The highest BCUT2D eigenvalue weighted by Gasteiger charge is 2.16. The van der Waals surface area contributed by atoms with Crippen LogP contribution in [0.1, 0.15) is 23.1 Å². The Morgan fingerprint density at radius 2 is 1.83 bits per heavy atom. The molecule has 1 aliphatic heterocycles. The molecule has 1 heterocycles. The molecule has 3 nitrogen and oxygen atoms in total. The zero-order chi connectivity index (χ0) is 16.1. The molecule has 0 fully saturated rings. The molecule has 1 amide bonds. The average molecular weight is 312 g/mol. The van der Waals surface area contributed by atoms with Gasteiger partial charge < -0.3 is 5.32 Å². The smallest absolute Gasteiger partial charge is 0.221 e. The summed E-state index contributed by atoms with van der Waals surface area (Å²) in [5, 5.41) is 2.89. The molecule has 23 heavy (non-hydrogen) atoms. The van der Waals surface area contributed by atoms with Gasteiger partial charge in [0.1, 0.15) is 5.82 Å². The standard InChI is InChI=1S/C19H21FN2O/c20-18-7-5-15(6-8-18)13-21-19(23)10-12-22-11-9-16-3-1-2-4-17(16)14-22/h1-8H,9-14H2,(H,21,23). The van der Waals surface area contributed by atoms with Crippen LogP contribution in [0.3, 0.4) is 0 Å². The lowest BCUT2D eigenvalue weighted by atomic mass is 10.00. The first-order valence-corrected chi connectivity index (χ1v) is 8.01. The molecule has 4 heteroatoms. The van der Waals surface area contributed by atoms with Gasteiger partial charge in [0.2, 0.25) is 5.91 Å². The van der Waals surface area contributed by atoms with E-state index in [0.717, 1.165) is 31.6 Å². The molecule has 0 saturated carbocycles. The first kappa shape index (κ1) is 15.7. The van der Waals surface area contributed by atoms with Crippen LogP contribution >= 0.6 is 0 Å². The lowest BCUT2D eigenvalue weighted by Crippen LogP contribution is -2.34. The Labute approximate surface area is 136 Å². The lowest BCUT2D eigenvalue weighted by Gasteiger charge is -2.28. The van der Waals surface area contributed by atoms with E-state index in [1.807, 2.05) is 0 Å². The van der Waals surface area contributed by atoms with Crippen LogP contribution in [0, 0.1) is 5.82 Å². The van der Waals surface area contributed by atoms with E-state index in [9.17, 15) is 9.18 Å². The van der Waals surface area contributed by atoms with Gasteiger partial charge in [0.05, 0.1) is 0 Å². The minimum Gasteiger partial charge on any atom is -0.352 e. The van der Waals surface area contributed by atoms with E-state index in [4.69, 9.17) is 0 Å². The highest BCUT2D eigenvalue weighted by Crippen LogP contribution is 2.18. The fraction of sp³-hybridized carbons (Fsp3) is 0.316. The van der Waals surface area contributed by atoms with E-state index in [1.54, 1.807) is 12.1 Å². The SMILES string of the molecule is O=C(CCN1CCc2ccccc2C1)NCc1ccc(F)cc1. The number of benzene rings is 2. The van der Waals surface area contributed by atoms with Crippen molar-refractivity contribution in [2.45, 2.75) is 25.9 Å². The van der Waals surface area contributed by atoms with Gasteiger partial charge in [-0.25, -0.2) is 4.39 Å². The third kappa shape index (κ3) is 4.39. The number of rotatable bonds is 5. The molecular formula is C19H21FN2O. The molecule has 0 aromatic heterocycles. The van der Waals surface area contributed by atoms with Crippen molar-refractivity contribution in [3.05, 3.63) is 71.0 Å². The fourth-order valence-electron chi connectivity index (χ4n) is 2.90. The Balaban J connectivity index is 1.42. The van der Waals surface area contributed by atoms with E-state index in [1.165, 1.54) is 23.3 Å². The number of carbonyl (C=O) groups is 1. The molecule has 0 saturated heterocycles. The number of amides is 1. The van der Waals surface area contributed by atoms with Crippen LogP contribution in [0.15, 0.2) is 48.5 Å². The summed E-state index contributed by atoms with van der Waals surface area (Å²) in [6, 6.07) is 14.7. The molecule has 0 spiro atoms. The average Bonchev–Trinajstić information content (AvgIpc) is 2.59. The molecule has 120 valence electrons. The third-order valence-electron chi connectivity index (χ3n) is 4.27. The van der Waals surface area contributed by atoms with Crippen molar-refractivity contribution < 1.29 is 9.18 Å². The van der Waals surface area contributed by atoms with Gasteiger partial charge in [-0.1, -0.05) is 36.4 Å². The Hall–Kier alpha value is -2.20. The van der Waals surface area contributed by atoms with E-state index < -0.39 is 0 Å². The monoisotopic (exact) mass is 312 g/mol. The Kier molecular flexibility index (Phi) is 5.03. The second-order valence-electron chi connectivity index (χ2n) is 5.95. The van der Waals surface area contributed by atoms with Crippen LogP contribution < -0.4 is 5.32 Å². The van der Waals surface area contributed by atoms with Crippen LogP contribution in [-0.4, -0.2) is 23.9 Å². The summed E-state index contributed by atoms with van der Waals surface area (Å²) in [6.07, 6.45) is 1.54. The number of carbonyl (C=O) groups excluding carboxylic acids is 1. The van der Waals surface area contributed by atoms with E-state index in [-0.39, 0.29) is 11.7 Å². The van der Waals surface area contributed by atoms with E-state index in [0.29, 0.717) is 13.0 Å². The van der Waals surface area contributed by atoms with Gasteiger partial charge in [-0.2, -0.15) is 0 Å². The molecule has 2 aromatic rings. The van der Waals surface area contributed by atoms with Crippen LogP contribution in [0.2, 0.25) is 0 Å². The predicted molar refractivity (Wildman–Crippen MR) is 88.3 cm³/mol. The second-order valence-corrected chi connectivity index (χ2v) is 5.95. The van der Waals surface area contributed by atoms with Crippen molar-refractivity contribution in [1.29, 1.82) is 0 Å². The normalized spacial score (nSPS) is 14.3. The summed E-state index contributed by atoms with van der Waals surface area (Å²) in [6.45, 7) is 3.13. The third-order valence-corrected chi connectivity index (χ3v) is 4.27. The van der Waals surface area contributed by atoms with E-state index in [2.05, 4.69) is 34.5 Å². The van der Waals surface area contributed by atoms with Gasteiger partial charge in [0.15, 0.2) is 0 Å². The largest absolute Gasteiger partial charge is 0.352 e. The number of hydrogen-bond acceptors (Lipinski definition) is 2. The first-order valence-electron chi connectivity index (χ1n) is 8.01. The van der Waals surface area contributed by atoms with Crippen molar-refractivity contribution >= 4 is 5.91 Å². The summed E-state index contributed by atoms with van der Waals surface area (Å²) in [5.74, 6) is -0.223. The van der Waals surface area contributed by atoms with Crippen molar-refractivity contribution in [2.75, 3.05) is 13.1 Å². The minimum atomic E-state index is -0.259. The molecule has 0 radical (unpaired) electrons. The maximum absolute atomic E-state index is 12.8. The van der Waals surface area contributed by atoms with Gasteiger partial charge in [0.25, 0.3) is 0 Å². The molecular weight excluding hydrogens is 291 g/mol. The second kappa shape index (κ2) is 7.38. The molecule has 3 rings (SSSR count). The predicted octanol–water partition coefficient (Wildman–Crippen LogP) is 2.89. The molecule has 2 aromatic carbocycles. The number of hydrogen-bond donors (Lipinski definition) is 1. The van der Waals surface area contributed by atoms with Crippen LogP contribution in [0.5, 0.6) is 0 Å². The summed E-state index contributed by atoms with van der Waals surface area (Å²) < 4.78 is 12.8. The van der Waals surface area contributed by atoms with E-state index >= 15 is 0 Å². The van der Waals surface area contributed by atoms with Gasteiger partial charge in [-0.3, -0.25) is 9.69 Å². The van der Waals surface area contributed by atoms with Crippen molar-refractivity contribution in [3.8, 4) is 0 Å². The summed E-state index contributed by atoms with van der Waals surface area (Å²) in [5.41, 5.74) is 3.70. The molecule has 0 unspecified atom stereocenters. The van der Waals surface area contributed by atoms with Crippen molar-refractivity contribution in [2.24, 2.45) is 0 Å². The van der Waals surface area contributed by atoms with Crippen molar-refractivity contribution in [3.63, 3.8) is 0 Å². The lowest BCUT2D eigenvalue weighted by molar-refractivity contribution is -0.121. The maximum Gasteiger partial charge on any atom is 0.221 e. The van der Waals surface area contributed by atoms with Gasteiger partial charge in [-0.15, -0.1) is 0 Å². The molecule has 0 bridgehead atoms. The highest BCUT2D eigenvalue weighted by atomic mass is 19.1. The highest BCUT2D eigenvalue weighted by molar-refractivity contribution is 5.76. The van der Waals surface area contributed by atoms with Crippen LogP contribution in [0.4, 0.5) is 4.39 Å². The summed E-state index contributed by atoms with van der Waals surface area (Å²) >= 11 is 0.